The fourth-order valence-corrected chi connectivity index (χ4v) is 2.47. The Bertz CT molecular complexity index is 416. The molecule has 6 heteroatoms. The molecule has 1 rings (SSSR count). The van der Waals surface area contributed by atoms with Gasteiger partial charge in [0, 0.05) is 0 Å². The molecule has 0 aliphatic heterocycles. The smallest absolute Gasteiger partial charge is 0.124 e. The van der Waals surface area contributed by atoms with Crippen LogP contribution < -0.4 is 5.90 Å². The predicted molar refractivity (Wildman–Crippen MR) is 54.6 cm³/mol. The summed E-state index contributed by atoms with van der Waals surface area (Å²) in [6.07, 6.45) is 0. The SMILES string of the molecule is Cc1cc(C)c(S(=O)(=O)[O-])c(C)c1.NO. The summed E-state index contributed by atoms with van der Waals surface area (Å²) in [5, 5.41) is 6.50. The lowest BCUT2D eigenvalue weighted by molar-refractivity contribution is 0.311. The molecule has 0 heterocycles. The molecule has 0 fully saturated rings. The number of rotatable bonds is 1. The third-order valence-electron chi connectivity index (χ3n) is 1.85. The van der Waals surface area contributed by atoms with Gasteiger partial charge in [0.2, 0.25) is 0 Å². The summed E-state index contributed by atoms with van der Waals surface area (Å²) in [5.41, 5.74) is 2.00. The molecule has 3 N–H and O–H groups in total. The average molecular weight is 232 g/mol. The van der Waals surface area contributed by atoms with E-state index in [4.69, 9.17) is 5.21 Å². The van der Waals surface area contributed by atoms with Gasteiger partial charge in [-0.05, 0) is 31.9 Å². The molecule has 0 atom stereocenters. The standard InChI is InChI=1S/C9H12O3S.H3NO/c1-6-4-7(2)9(8(3)5-6)13(10,11)12;1-2/h4-5H,1-3H3,(H,10,11,12);2H,1H2/p-1. The Labute approximate surface area is 89.2 Å². The fraction of sp³-hybridized carbons (Fsp3) is 0.333. The van der Waals surface area contributed by atoms with E-state index in [-0.39, 0.29) is 4.90 Å². The summed E-state index contributed by atoms with van der Waals surface area (Å²) in [6, 6.07) is 3.38. The first-order valence-corrected chi connectivity index (χ1v) is 5.53. The van der Waals surface area contributed by atoms with E-state index in [1.807, 2.05) is 6.92 Å². The van der Waals surface area contributed by atoms with Crippen molar-refractivity contribution in [3.63, 3.8) is 0 Å². The Hall–Kier alpha value is -0.950. The first-order valence-electron chi connectivity index (χ1n) is 4.12. The first-order chi connectivity index (χ1) is 6.82. The third-order valence-corrected chi connectivity index (χ3v) is 3.00. The number of hydrogen-bond donors (Lipinski definition) is 2. The highest BCUT2D eigenvalue weighted by Gasteiger charge is 2.09. The minimum atomic E-state index is -4.33. The van der Waals surface area contributed by atoms with Crippen molar-refractivity contribution in [1.29, 1.82) is 0 Å². The van der Waals surface area contributed by atoms with Crippen LogP contribution in [-0.2, 0) is 10.1 Å². The van der Waals surface area contributed by atoms with Crippen molar-refractivity contribution in [3.05, 3.63) is 28.8 Å². The lowest BCUT2D eigenvalue weighted by Crippen LogP contribution is -2.04. The van der Waals surface area contributed by atoms with Crippen molar-refractivity contribution in [2.24, 2.45) is 5.90 Å². The molecule has 86 valence electrons. The van der Waals surface area contributed by atoms with Crippen molar-refractivity contribution in [2.75, 3.05) is 0 Å². The first kappa shape index (κ1) is 14.1. The van der Waals surface area contributed by atoms with Gasteiger partial charge in [0.15, 0.2) is 0 Å². The molecule has 0 amide bonds. The molecule has 0 spiro atoms. The van der Waals surface area contributed by atoms with Gasteiger partial charge < -0.3 is 9.76 Å². The molecule has 0 aliphatic carbocycles. The predicted octanol–water partition coefficient (Wildman–Crippen LogP) is 0.850. The summed E-state index contributed by atoms with van der Waals surface area (Å²) in [7, 11) is -4.33. The number of hydrogen-bond acceptors (Lipinski definition) is 5. The van der Waals surface area contributed by atoms with Gasteiger partial charge in [-0.2, -0.15) is 0 Å². The molecule has 0 bridgehead atoms. The van der Waals surface area contributed by atoms with Gasteiger partial charge in [-0.25, -0.2) is 14.3 Å². The zero-order chi connectivity index (χ0) is 12.2. The summed E-state index contributed by atoms with van der Waals surface area (Å²) < 4.78 is 32.5. The van der Waals surface area contributed by atoms with E-state index < -0.39 is 10.1 Å². The van der Waals surface area contributed by atoms with Gasteiger partial charge in [0.25, 0.3) is 0 Å². The van der Waals surface area contributed by atoms with Crippen molar-refractivity contribution in [1.82, 2.24) is 0 Å². The highest BCUT2D eigenvalue weighted by Crippen LogP contribution is 2.20. The molecule has 0 aliphatic rings. The third kappa shape index (κ3) is 3.60. The van der Waals surface area contributed by atoms with Gasteiger partial charge in [-0.1, -0.05) is 17.7 Å². The van der Waals surface area contributed by atoms with Gasteiger partial charge in [-0.3, -0.25) is 0 Å². The Balaban J connectivity index is 0.000000921. The van der Waals surface area contributed by atoms with E-state index in [1.54, 1.807) is 26.0 Å². The van der Waals surface area contributed by atoms with Crippen LogP contribution >= 0.6 is 0 Å². The largest absolute Gasteiger partial charge is 0.744 e. The molecule has 5 nitrogen and oxygen atoms in total. The van der Waals surface area contributed by atoms with Crippen molar-refractivity contribution < 1.29 is 18.2 Å². The summed E-state index contributed by atoms with van der Waals surface area (Å²) in [4.78, 5) is -0.0851. The van der Waals surface area contributed by atoms with E-state index in [9.17, 15) is 13.0 Å². The molecule has 1 aromatic carbocycles. The lowest BCUT2D eigenvalue weighted by atomic mass is 10.1. The topological polar surface area (TPSA) is 103 Å². The Morgan fingerprint density at radius 1 is 1.13 bits per heavy atom. The minimum absolute atomic E-state index is 0.0851. The van der Waals surface area contributed by atoms with Crippen LogP contribution in [0.5, 0.6) is 0 Å². The van der Waals surface area contributed by atoms with Crippen molar-refractivity contribution >= 4 is 10.1 Å². The van der Waals surface area contributed by atoms with E-state index in [0.29, 0.717) is 11.1 Å². The molecular formula is C9H14NO4S-. The molecule has 0 unspecified atom stereocenters. The molecule has 0 aromatic heterocycles. The van der Waals surface area contributed by atoms with E-state index in [1.165, 1.54) is 0 Å². The minimum Gasteiger partial charge on any atom is -0.744 e. The van der Waals surface area contributed by atoms with Crippen LogP contribution in [0, 0.1) is 20.8 Å². The maximum absolute atomic E-state index is 10.8. The van der Waals surface area contributed by atoms with Gasteiger partial charge in [0.05, 0.1) is 4.90 Å². The summed E-state index contributed by atoms with van der Waals surface area (Å²) in [5.74, 6) is 3.50. The normalized spacial score (nSPS) is 10.5. The van der Waals surface area contributed by atoms with Crippen LogP contribution in [0.15, 0.2) is 17.0 Å². The Morgan fingerprint density at radius 2 is 1.47 bits per heavy atom. The second kappa shape index (κ2) is 5.22. The highest BCUT2D eigenvalue weighted by atomic mass is 32.2. The van der Waals surface area contributed by atoms with E-state index >= 15 is 0 Å². The molecule has 1 aromatic rings. The molecule has 0 saturated heterocycles. The van der Waals surface area contributed by atoms with Crippen LogP contribution in [0.4, 0.5) is 0 Å². The van der Waals surface area contributed by atoms with Crippen molar-refractivity contribution in [3.8, 4) is 0 Å². The van der Waals surface area contributed by atoms with E-state index in [2.05, 4.69) is 5.90 Å². The Morgan fingerprint density at radius 3 is 1.73 bits per heavy atom. The van der Waals surface area contributed by atoms with Crippen LogP contribution in [-0.4, -0.2) is 18.2 Å². The van der Waals surface area contributed by atoms with Crippen LogP contribution in [0.2, 0.25) is 0 Å². The number of nitrogens with two attached hydrogens (primary N) is 1. The van der Waals surface area contributed by atoms with Gasteiger partial charge >= 0.3 is 0 Å². The molecular weight excluding hydrogens is 218 g/mol. The van der Waals surface area contributed by atoms with Gasteiger partial charge in [-0.15, -0.1) is 0 Å². The average Bonchev–Trinajstić information content (AvgIpc) is 2.02. The Kier molecular flexibility index (Phi) is 4.89. The number of aryl methyl sites for hydroxylation is 3. The van der Waals surface area contributed by atoms with Crippen molar-refractivity contribution in [2.45, 2.75) is 25.7 Å². The zero-order valence-electron chi connectivity index (χ0n) is 8.81. The van der Waals surface area contributed by atoms with Crippen LogP contribution in [0.3, 0.4) is 0 Å². The maximum Gasteiger partial charge on any atom is 0.124 e. The van der Waals surface area contributed by atoms with E-state index in [0.717, 1.165) is 5.56 Å². The second-order valence-corrected chi connectivity index (χ2v) is 4.50. The summed E-state index contributed by atoms with van der Waals surface area (Å²) in [6.45, 7) is 5.12. The highest BCUT2D eigenvalue weighted by molar-refractivity contribution is 7.85. The van der Waals surface area contributed by atoms with Gasteiger partial charge in [0.1, 0.15) is 10.1 Å². The van der Waals surface area contributed by atoms with Crippen LogP contribution in [0.1, 0.15) is 16.7 Å². The second-order valence-electron chi connectivity index (χ2n) is 3.18. The summed E-state index contributed by atoms with van der Waals surface area (Å²) >= 11 is 0. The quantitative estimate of drug-likeness (QED) is 0.552. The zero-order valence-corrected chi connectivity index (χ0v) is 9.63. The monoisotopic (exact) mass is 232 g/mol. The fourth-order valence-electron chi connectivity index (χ4n) is 1.56. The van der Waals surface area contributed by atoms with Crippen LogP contribution in [0.25, 0.3) is 0 Å². The maximum atomic E-state index is 10.8. The molecule has 0 radical (unpaired) electrons. The lowest BCUT2D eigenvalue weighted by Gasteiger charge is -2.14. The number of benzene rings is 1. The molecule has 15 heavy (non-hydrogen) atoms. The molecule has 0 saturated carbocycles.